The van der Waals surface area contributed by atoms with E-state index in [0.717, 1.165) is 44.3 Å². The van der Waals surface area contributed by atoms with Crippen LogP contribution in [0.1, 0.15) is 92.7 Å². The van der Waals surface area contributed by atoms with Crippen molar-refractivity contribution in [1.29, 1.82) is 0 Å². The molecule has 6 heteroatoms. The molecule has 0 amide bonds. The van der Waals surface area contributed by atoms with Crippen LogP contribution in [0.25, 0.3) is 61.0 Å². The maximum Gasteiger partial charge on any atom is 0.135 e. The monoisotopic (exact) mass is 1130 g/mol. The van der Waals surface area contributed by atoms with Crippen molar-refractivity contribution in [2.24, 2.45) is 0 Å². The van der Waals surface area contributed by atoms with Crippen LogP contribution in [-0.2, 0) is 37.3 Å². The Balaban J connectivity index is 0.00000753. The minimum Gasteiger partial charge on any atom is -0.509 e. The number of hydrogen-bond acceptors (Lipinski definition) is 4. The summed E-state index contributed by atoms with van der Waals surface area (Å²) in [5, 5.41) is 2.01. The molecule has 3 heterocycles. The summed E-state index contributed by atoms with van der Waals surface area (Å²) in [5.74, 6) is 1.55. The Morgan fingerprint density at radius 3 is 1.74 bits per heavy atom. The van der Waals surface area contributed by atoms with Gasteiger partial charge in [0.2, 0.25) is 0 Å². The molecule has 8 aromatic carbocycles. The quantitative estimate of drug-likeness (QED) is 0.142. The van der Waals surface area contributed by atoms with Gasteiger partial charge in [-0.25, -0.2) is 4.98 Å². The molecule has 0 saturated heterocycles. The van der Waals surface area contributed by atoms with Crippen LogP contribution in [0, 0.1) is 18.8 Å². The molecule has 0 N–H and O–H groups in total. The molecule has 2 aromatic heterocycles. The number of pyridine rings is 1. The Morgan fingerprint density at radius 2 is 1.11 bits per heavy atom. The maximum absolute atomic E-state index is 9.08. The van der Waals surface area contributed by atoms with Gasteiger partial charge in [-0.3, -0.25) is 0 Å². The third-order valence-corrected chi connectivity index (χ3v) is 13.2. The smallest absolute Gasteiger partial charge is 0.135 e. The first kappa shape index (κ1) is 37.6. The normalized spacial score (nSPS) is 14.8. The molecule has 0 fully saturated rings. The van der Waals surface area contributed by atoms with Gasteiger partial charge >= 0.3 is 0 Å². The molecule has 0 atom stereocenters. The second kappa shape index (κ2) is 18.8. The molecule has 362 valence electrons. The van der Waals surface area contributed by atoms with E-state index in [-0.39, 0.29) is 65.3 Å². The molecule has 5 nitrogen and oxygen atoms in total. The fraction of sp³-hybridized carbons (Fsp3) is 0.182. The number of anilines is 4. The molecule has 0 spiro atoms. The van der Waals surface area contributed by atoms with Gasteiger partial charge in [-0.15, -0.1) is 48.1 Å². The van der Waals surface area contributed by atoms with Crippen LogP contribution < -0.4 is 14.5 Å². The topological polar surface area (TPSA) is 33.5 Å². The number of benzene rings is 8. The van der Waals surface area contributed by atoms with Gasteiger partial charge in [0.15, 0.2) is 0 Å². The van der Waals surface area contributed by atoms with E-state index in [1.54, 1.807) is 35.8 Å². The third-order valence-electron chi connectivity index (χ3n) is 13.2. The van der Waals surface area contributed by atoms with Crippen LogP contribution in [0.15, 0.2) is 188 Å². The molecule has 0 saturated carbocycles. The number of para-hydroxylation sites is 3. The van der Waals surface area contributed by atoms with E-state index in [1.807, 2.05) is 53.6 Å². The Hall–Kier alpha value is -7.20. The van der Waals surface area contributed by atoms with Crippen molar-refractivity contribution >= 4 is 44.6 Å². The third kappa shape index (κ3) is 9.16. The Kier molecular flexibility index (Phi) is 9.79. The molecule has 0 aliphatic carbocycles. The van der Waals surface area contributed by atoms with E-state index < -0.39 is 60.4 Å². The van der Waals surface area contributed by atoms with Crippen LogP contribution in [-0.4, -0.2) is 9.55 Å². The van der Waals surface area contributed by atoms with E-state index in [0.29, 0.717) is 28.6 Å². The molecule has 72 heavy (non-hydrogen) atoms. The SMILES string of the molecule is [2H]c1c([2H])c([2H])c(-c2cccc(-c3c([2H])c([2H])c([2H])c([2H])c3[2H])c2N2[CH-]N(c3[c-]c(Oc4[c-]c5c(cc4)c4cc(-c6cc(C(C)(C)C)cc(C(C)(C)C)c6)ccc4n5-c4cc(C(C)(C)C)ccn4)ccc3)c3ccccc32)c([2H])c1[2H].[Pt]. The van der Waals surface area contributed by atoms with Gasteiger partial charge in [-0.1, -0.05) is 189 Å². The van der Waals surface area contributed by atoms with Gasteiger partial charge in [0.05, 0.1) is 13.7 Å². The first-order valence-electron chi connectivity index (χ1n) is 28.9. The predicted octanol–water partition coefficient (Wildman–Crippen LogP) is 17.9. The molecule has 11 rings (SSSR count). The summed E-state index contributed by atoms with van der Waals surface area (Å²) in [6, 6.07) is 41.5. The molecule has 1 aliphatic rings. The van der Waals surface area contributed by atoms with Crippen LogP contribution >= 0.6 is 0 Å². The molecule has 1 aliphatic heterocycles. The molecular weight excluding hydrogens is 1060 g/mol. The van der Waals surface area contributed by atoms with Gasteiger partial charge in [0, 0.05) is 72.5 Å². The zero-order chi connectivity index (χ0) is 57.9. The molecule has 0 radical (unpaired) electrons. The minimum absolute atomic E-state index is 0. The van der Waals surface area contributed by atoms with Crippen molar-refractivity contribution < 1.29 is 39.5 Å². The number of nitrogens with zero attached hydrogens (tertiary/aromatic N) is 4. The average molecular weight is 1130 g/mol. The standard InChI is InChI=1S/C66H59N4O.Pt/c1-64(2,3)48-34-35-67-62(40-48)70-58-33-30-46(47-36-49(65(4,5)6)39-50(37-47)66(7,8)9)38-57(58)56-32-31-53(42-61(56)70)71-52-25-18-24-51(41-52)68-43-69(60-29-17-16-28-59(60)68)63-54(44-20-12-10-13-21-44)26-19-27-55(63)45-22-14-11-15-23-45;/h10-40,43H,1-9H3;/q-3;/i10D,11D,12D,13D,14D,15D,20D,21D,22D,23D;. The number of aromatic nitrogens is 2. The van der Waals surface area contributed by atoms with E-state index in [9.17, 15) is 0 Å². The minimum atomic E-state index is -0.566. The first-order valence-corrected chi connectivity index (χ1v) is 23.9. The van der Waals surface area contributed by atoms with E-state index in [2.05, 4.69) is 134 Å². The van der Waals surface area contributed by atoms with E-state index in [4.69, 9.17) is 23.4 Å². The fourth-order valence-corrected chi connectivity index (χ4v) is 9.28. The van der Waals surface area contributed by atoms with Crippen molar-refractivity contribution in [2.75, 3.05) is 9.80 Å². The number of ether oxygens (including phenoxy) is 1. The summed E-state index contributed by atoms with van der Waals surface area (Å²) < 4.78 is 96.5. The number of hydrogen-bond donors (Lipinski definition) is 0. The zero-order valence-electron chi connectivity index (χ0n) is 51.7. The molecular formula is C66H59N4OPt-3. The van der Waals surface area contributed by atoms with Crippen LogP contribution in [0.5, 0.6) is 11.5 Å². The van der Waals surface area contributed by atoms with E-state index in [1.165, 1.54) is 11.1 Å². The number of rotatable bonds is 8. The van der Waals surface area contributed by atoms with Gasteiger partial charge in [-0.05, 0) is 90.9 Å². The molecule has 10 aromatic rings. The molecule has 0 bridgehead atoms. The van der Waals surface area contributed by atoms with Crippen molar-refractivity contribution in [1.82, 2.24) is 9.55 Å². The summed E-state index contributed by atoms with van der Waals surface area (Å²) in [5.41, 5.74) is 9.53. The molecule has 0 unspecified atom stereocenters. The summed E-state index contributed by atoms with van der Waals surface area (Å²) in [4.78, 5) is 8.57. The summed E-state index contributed by atoms with van der Waals surface area (Å²) in [6.45, 7) is 21.8. The van der Waals surface area contributed by atoms with Crippen molar-refractivity contribution in [3.63, 3.8) is 0 Å². The van der Waals surface area contributed by atoms with Gasteiger partial charge in [-0.2, -0.15) is 12.1 Å². The van der Waals surface area contributed by atoms with Crippen LogP contribution in [0.3, 0.4) is 0 Å². The number of fused-ring (bicyclic) bond motifs is 4. The summed E-state index contributed by atoms with van der Waals surface area (Å²) in [6.07, 6.45) is 1.86. The van der Waals surface area contributed by atoms with Gasteiger partial charge in [0.1, 0.15) is 5.82 Å². The van der Waals surface area contributed by atoms with Crippen LogP contribution in [0.2, 0.25) is 0 Å². The summed E-state index contributed by atoms with van der Waals surface area (Å²) in [7, 11) is 0. The predicted molar refractivity (Wildman–Crippen MR) is 297 cm³/mol. The fourth-order valence-electron chi connectivity index (χ4n) is 9.28. The van der Waals surface area contributed by atoms with Crippen LogP contribution in [0.4, 0.5) is 22.7 Å². The zero-order valence-corrected chi connectivity index (χ0v) is 44.0. The Labute approximate surface area is 454 Å². The second-order valence-corrected chi connectivity index (χ2v) is 21.2. The van der Waals surface area contributed by atoms with Crippen molar-refractivity contribution in [3.8, 4) is 50.7 Å². The Bertz CT molecular complexity index is 4060. The van der Waals surface area contributed by atoms with Crippen molar-refractivity contribution in [2.45, 2.75) is 78.6 Å². The van der Waals surface area contributed by atoms with E-state index >= 15 is 0 Å². The Morgan fingerprint density at radius 1 is 0.514 bits per heavy atom. The first-order chi connectivity index (χ1) is 38.2. The van der Waals surface area contributed by atoms with Gasteiger partial charge < -0.3 is 19.1 Å². The maximum atomic E-state index is 9.08. The summed E-state index contributed by atoms with van der Waals surface area (Å²) >= 11 is 0. The average Bonchev–Trinajstić information content (AvgIpc) is 4.11. The van der Waals surface area contributed by atoms with Gasteiger partial charge in [0.25, 0.3) is 0 Å². The second-order valence-electron chi connectivity index (χ2n) is 21.2. The largest absolute Gasteiger partial charge is 0.509 e. The van der Waals surface area contributed by atoms with Crippen molar-refractivity contribution in [3.05, 3.63) is 223 Å².